The van der Waals surface area contributed by atoms with Gasteiger partial charge in [-0.3, -0.25) is 0 Å². The van der Waals surface area contributed by atoms with Crippen LogP contribution in [0.2, 0.25) is 0 Å². The zero-order valence-electron chi connectivity index (χ0n) is 10.0. The highest BCUT2D eigenvalue weighted by molar-refractivity contribution is 5.37. The number of benzene rings is 1. The lowest BCUT2D eigenvalue weighted by molar-refractivity contribution is -0.141. The first-order chi connectivity index (χ1) is 9.36. The van der Waals surface area contributed by atoms with E-state index in [1.807, 2.05) is 0 Å². The van der Waals surface area contributed by atoms with Crippen LogP contribution < -0.4 is 5.32 Å². The molecule has 0 saturated carbocycles. The number of anilines is 1. The third kappa shape index (κ3) is 3.43. The Bertz CT molecular complexity index is 610. The second kappa shape index (κ2) is 5.44. The molecule has 0 radical (unpaired) electrons. The summed E-state index contributed by atoms with van der Waals surface area (Å²) >= 11 is 0. The first-order valence-corrected chi connectivity index (χ1v) is 5.58. The molecule has 1 heterocycles. The molecule has 7 heteroatoms. The first-order valence-electron chi connectivity index (χ1n) is 5.58. The Morgan fingerprint density at radius 1 is 1.05 bits per heavy atom. The van der Waals surface area contributed by atoms with Crippen LogP contribution in [0.4, 0.5) is 27.8 Å². The number of halogens is 5. The summed E-state index contributed by atoms with van der Waals surface area (Å²) in [6, 6.07) is 6.20. The maximum atomic E-state index is 13.3. The van der Waals surface area contributed by atoms with Crippen LogP contribution in [0.3, 0.4) is 0 Å². The minimum absolute atomic E-state index is 0.00390. The van der Waals surface area contributed by atoms with Crippen molar-refractivity contribution in [3.05, 3.63) is 59.3 Å². The maximum absolute atomic E-state index is 13.3. The zero-order chi connectivity index (χ0) is 14.8. The molecule has 2 aromatic rings. The fourth-order valence-corrected chi connectivity index (χ4v) is 1.56. The molecule has 2 rings (SSSR count). The summed E-state index contributed by atoms with van der Waals surface area (Å²) in [5, 5.41) is 2.52. The summed E-state index contributed by atoms with van der Waals surface area (Å²) in [6.07, 6.45) is -4.55. The molecule has 0 aliphatic heterocycles. The molecule has 0 fully saturated rings. The lowest BCUT2D eigenvalue weighted by atomic mass is 10.2. The summed E-state index contributed by atoms with van der Waals surface area (Å²) in [7, 11) is 0. The van der Waals surface area contributed by atoms with Gasteiger partial charge in [0.25, 0.3) is 0 Å². The van der Waals surface area contributed by atoms with Gasteiger partial charge < -0.3 is 5.32 Å². The molecule has 0 aliphatic rings. The van der Waals surface area contributed by atoms with E-state index in [9.17, 15) is 22.0 Å². The molecule has 1 aromatic heterocycles. The van der Waals surface area contributed by atoms with Gasteiger partial charge in [0, 0.05) is 12.1 Å². The van der Waals surface area contributed by atoms with Crippen molar-refractivity contribution in [2.75, 3.05) is 5.32 Å². The molecule has 0 bridgehead atoms. The quantitative estimate of drug-likeness (QED) is 0.864. The summed E-state index contributed by atoms with van der Waals surface area (Å²) in [5.74, 6) is -1.34. The van der Waals surface area contributed by atoms with Gasteiger partial charge in [0.1, 0.15) is 23.1 Å². The molecule has 0 spiro atoms. The van der Waals surface area contributed by atoms with Gasteiger partial charge in [0.15, 0.2) is 0 Å². The molecule has 2 nitrogen and oxygen atoms in total. The highest BCUT2D eigenvalue weighted by Gasteiger charge is 2.32. The number of nitrogens with zero attached hydrogens (tertiary/aromatic N) is 1. The standard InChI is InChI=1S/C13H9F5N2/c14-9-4-5-10(15)8(6-9)7-19-12-3-1-2-11(20-12)13(16,17)18/h1-6H,7H2,(H,19,20). The van der Waals surface area contributed by atoms with E-state index in [0.717, 1.165) is 24.3 Å². The van der Waals surface area contributed by atoms with E-state index in [4.69, 9.17) is 0 Å². The number of hydrogen-bond acceptors (Lipinski definition) is 2. The second-order valence-electron chi connectivity index (χ2n) is 4.00. The van der Waals surface area contributed by atoms with Gasteiger partial charge in [-0.2, -0.15) is 13.2 Å². The van der Waals surface area contributed by atoms with Crippen molar-refractivity contribution in [3.63, 3.8) is 0 Å². The van der Waals surface area contributed by atoms with E-state index in [0.29, 0.717) is 0 Å². The van der Waals surface area contributed by atoms with Gasteiger partial charge >= 0.3 is 6.18 Å². The minimum Gasteiger partial charge on any atom is -0.366 e. The van der Waals surface area contributed by atoms with E-state index in [1.165, 1.54) is 12.1 Å². The summed E-state index contributed by atoms with van der Waals surface area (Å²) in [4.78, 5) is 3.36. The fourth-order valence-electron chi connectivity index (χ4n) is 1.56. The van der Waals surface area contributed by atoms with Crippen LogP contribution in [0.5, 0.6) is 0 Å². The smallest absolute Gasteiger partial charge is 0.366 e. The molecule has 0 aliphatic carbocycles. The van der Waals surface area contributed by atoms with E-state index in [2.05, 4.69) is 10.3 Å². The van der Waals surface area contributed by atoms with Crippen LogP contribution in [-0.2, 0) is 12.7 Å². The predicted octanol–water partition coefficient (Wildman–Crippen LogP) is 3.99. The largest absolute Gasteiger partial charge is 0.433 e. The number of nitrogens with one attached hydrogen (secondary N) is 1. The van der Waals surface area contributed by atoms with Crippen molar-refractivity contribution in [1.82, 2.24) is 4.98 Å². The van der Waals surface area contributed by atoms with Gasteiger partial charge in [-0.1, -0.05) is 6.07 Å². The Morgan fingerprint density at radius 3 is 2.50 bits per heavy atom. The number of hydrogen-bond donors (Lipinski definition) is 1. The van der Waals surface area contributed by atoms with Gasteiger partial charge in [0.05, 0.1) is 0 Å². The first kappa shape index (κ1) is 14.2. The van der Waals surface area contributed by atoms with Crippen molar-refractivity contribution < 1.29 is 22.0 Å². The van der Waals surface area contributed by atoms with E-state index >= 15 is 0 Å². The molecule has 106 valence electrons. The molecule has 20 heavy (non-hydrogen) atoms. The van der Waals surface area contributed by atoms with Gasteiger partial charge in [0.2, 0.25) is 0 Å². The molecule has 0 amide bonds. The Balaban J connectivity index is 2.13. The SMILES string of the molecule is Fc1ccc(F)c(CNc2cccc(C(F)(F)F)n2)c1. The highest BCUT2D eigenvalue weighted by atomic mass is 19.4. The van der Waals surface area contributed by atoms with Crippen molar-refractivity contribution in [1.29, 1.82) is 0 Å². The molecular weight excluding hydrogens is 279 g/mol. The van der Waals surface area contributed by atoms with E-state index in [1.54, 1.807) is 0 Å². The monoisotopic (exact) mass is 288 g/mol. The summed E-state index contributed by atoms with van der Waals surface area (Å²) in [6.45, 7) is -0.169. The Kier molecular flexibility index (Phi) is 3.87. The average Bonchev–Trinajstić information content (AvgIpc) is 2.39. The van der Waals surface area contributed by atoms with Crippen molar-refractivity contribution >= 4 is 5.82 Å². The summed E-state index contributed by atoms with van der Waals surface area (Å²) < 4.78 is 63.6. The van der Waals surface area contributed by atoms with Crippen molar-refractivity contribution in [2.24, 2.45) is 0 Å². The molecule has 0 saturated heterocycles. The molecule has 1 aromatic carbocycles. The van der Waals surface area contributed by atoms with Gasteiger partial charge in [-0.15, -0.1) is 0 Å². The molecule has 0 atom stereocenters. The topological polar surface area (TPSA) is 24.9 Å². The molecule has 1 N–H and O–H groups in total. The lowest BCUT2D eigenvalue weighted by Crippen LogP contribution is -2.10. The second-order valence-corrected chi connectivity index (χ2v) is 4.00. The Labute approximate surface area is 111 Å². The van der Waals surface area contributed by atoms with Crippen LogP contribution in [0, 0.1) is 11.6 Å². The molecular formula is C13H9F5N2. The van der Waals surface area contributed by atoms with Crippen molar-refractivity contribution in [2.45, 2.75) is 12.7 Å². The average molecular weight is 288 g/mol. The van der Waals surface area contributed by atoms with E-state index < -0.39 is 23.5 Å². The third-order valence-electron chi connectivity index (χ3n) is 2.51. The van der Waals surface area contributed by atoms with Crippen LogP contribution >= 0.6 is 0 Å². The predicted molar refractivity (Wildman–Crippen MR) is 62.9 cm³/mol. The van der Waals surface area contributed by atoms with Crippen LogP contribution in [0.25, 0.3) is 0 Å². The zero-order valence-corrected chi connectivity index (χ0v) is 10.0. The van der Waals surface area contributed by atoms with Crippen LogP contribution in [0.15, 0.2) is 36.4 Å². The number of pyridine rings is 1. The van der Waals surface area contributed by atoms with Crippen molar-refractivity contribution in [3.8, 4) is 0 Å². The third-order valence-corrected chi connectivity index (χ3v) is 2.51. The summed E-state index contributed by atoms with van der Waals surface area (Å²) in [5.41, 5.74) is -1.05. The van der Waals surface area contributed by atoms with Crippen LogP contribution in [0.1, 0.15) is 11.3 Å². The normalized spacial score (nSPS) is 11.4. The van der Waals surface area contributed by atoms with E-state index in [-0.39, 0.29) is 17.9 Å². The minimum atomic E-state index is -4.55. The highest BCUT2D eigenvalue weighted by Crippen LogP contribution is 2.28. The number of alkyl halides is 3. The van der Waals surface area contributed by atoms with Gasteiger partial charge in [-0.05, 0) is 30.3 Å². The maximum Gasteiger partial charge on any atom is 0.433 e. The Hall–Kier alpha value is -2.18. The van der Waals surface area contributed by atoms with Gasteiger partial charge in [-0.25, -0.2) is 13.8 Å². The van der Waals surface area contributed by atoms with Crippen LogP contribution in [-0.4, -0.2) is 4.98 Å². The fraction of sp³-hybridized carbons (Fsp3) is 0.154. The number of aromatic nitrogens is 1. The lowest BCUT2D eigenvalue weighted by Gasteiger charge is -2.10. The Morgan fingerprint density at radius 2 is 1.80 bits per heavy atom. The number of rotatable bonds is 3. The molecule has 0 unspecified atom stereocenters.